The van der Waals surface area contributed by atoms with Crippen molar-refractivity contribution in [3.05, 3.63) is 76.2 Å². The Balaban J connectivity index is 2.18. The van der Waals surface area contributed by atoms with Crippen LogP contribution in [-0.2, 0) is 17.1 Å². The Hall–Kier alpha value is -2.94. The summed E-state index contributed by atoms with van der Waals surface area (Å²) in [5, 5.41) is 0. The van der Waals surface area contributed by atoms with Crippen LogP contribution in [0.1, 0.15) is 25.5 Å². The second-order valence-electron chi connectivity index (χ2n) is 6.57. The van der Waals surface area contributed by atoms with Crippen molar-refractivity contribution in [1.29, 1.82) is 0 Å². The third-order valence-electron chi connectivity index (χ3n) is 4.28. The number of aromatic nitrogens is 2. The number of anilines is 1. The summed E-state index contributed by atoms with van der Waals surface area (Å²) >= 11 is 0. The summed E-state index contributed by atoms with van der Waals surface area (Å²) in [6.07, 6.45) is 0. The summed E-state index contributed by atoms with van der Waals surface area (Å²) in [6, 6.07) is 10.9. The maximum atomic E-state index is 14.0. The number of rotatable bonds is 5. The van der Waals surface area contributed by atoms with Gasteiger partial charge in [0.15, 0.2) is 0 Å². The molecule has 2 aromatic carbocycles. The van der Waals surface area contributed by atoms with Crippen molar-refractivity contribution in [3.8, 4) is 5.69 Å². The first kappa shape index (κ1) is 19.8. The molecular formula is C19H19F2N3O3S. The predicted molar refractivity (Wildman–Crippen MR) is 102 cm³/mol. The van der Waals surface area contributed by atoms with Crippen LogP contribution < -0.4 is 10.3 Å². The molecule has 3 rings (SSSR count). The zero-order chi connectivity index (χ0) is 20.6. The highest BCUT2D eigenvalue weighted by molar-refractivity contribution is 7.92. The molecule has 1 heterocycles. The van der Waals surface area contributed by atoms with Crippen molar-refractivity contribution in [2.24, 2.45) is 7.05 Å². The second-order valence-corrected chi connectivity index (χ2v) is 8.22. The summed E-state index contributed by atoms with van der Waals surface area (Å²) in [6.45, 7) is 3.61. The summed E-state index contributed by atoms with van der Waals surface area (Å²) in [5.74, 6) is -2.35. The van der Waals surface area contributed by atoms with E-state index in [4.69, 9.17) is 0 Å². The van der Waals surface area contributed by atoms with Crippen LogP contribution in [0.2, 0.25) is 0 Å². The smallest absolute Gasteiger partial charge is 0.283 e. The summed E-state index contributed by atoms with van der Waals surface area (Å²) in [4.78, 5) is 12.3. The van der Waals surface area contributed by atoms with E-state index in [2.05, 4.69) is 4.72 Å². The number of hydrogen-bond acceptors (Lipinski definition) is 3. The lowest BCUT2D eigenvalue weighted by Crippen LogP contribution is -2.23. The summed E-state index contributed by atoms with van der Waals surface area (Å²) < 4.78 is 57.6. The molecule has 0 amide bonds. The average Bonchev–Trinajstić information content (AvgIpc) is 2.85. The van der Waals surface area contributed by atoms with E-state index < -0.39 is 32.1 Å². The van der Waals surface area contributed by atoms with E-state index in [1.165, 1.54) is 4.68 Å². The van der Waals surface area contributed by atoms with Crippen molar-refractivity contribution >= 4 is 15.7 Å². The van der Waals surface area contributed by atoms with E-state index in [9.17, 15) is 22.0 Å². The Bertz CT molecular complexity index is 1180. The number of hydrogen-bond donors (Lipinski definition) is 1. The molecule has 148 valence electrons. The number of para-hydroxylation sites is 1. The summed E-state index contributed by atoms with van der Waals surface area (Å²) in [5.41, 5.74) is 0.212. The minimum absolute atomic E-state index is 0.176. The molecule has 0 atom stereocenters. The first-order valence-electron chi connectivity index (χ1n) is 8.48. The number of nitrogens with zero attached hydrogens (tertiary/aromatic N) is 2. The van der Waals surface area contributed by atoms with Gasteiger partial charge in [0, 0.05) is 13.1 Å². The van der Waals surface area contributed by atoms with Crippen LogP contribution in [0.15, 0.2) is 58.2 Å². The normalized spacial score (nSPS) is 11.8. The van der Waals surface area contributed by atoms with Crippen LogP contribution in [0, 0.1) is 11.6 Å². The Kier molecular flexibility index (Phi) is 5.12. The van der Waals surface area contributed by atoms with Gasteiger partial charge >= 0.3 is 0 Å². The second kappa shape index (κ2) is 7.23. The van der Waals surface area contributed by atoms with Crippen LogP contribution >= 0.6 is 0 Å². The Morgan fingerprint density at radius 3 is 2.25 bits per heavy atom. The monoisotopic (exact) mass is 407 g/mol. The van der Waals surface area contributed by atoms with Gasteiger partial charge in [-0.3, -0.25) is 14.2 Å². The van der Waals surface area contributed by atoms with Crippen LogP contribution in [-0.4, -0.2) is 17.8 Å². The van der Waals surface area contributed by atoms with Gasteiger partial charge in [0.25, 0.3) is 15.6 Å². The van der Waals surface area contributed by atoms with Gasteiger partial charge in [0.2, 0.25) is 0 Å². The van der Waals surface area contributed by atoms with Gasteiger partial charge < -0.3 is 0 Å². The fourth-order valence-electron chi connectivity index (χ4n) is 3.12. The van der Waals surface area contributed by atoms with Crippen molar-refractivity contribution < 1.29 is 17.2 Å². The predicted octanol–water partition coefficient (Wildman–Crippen LogP) is 3.38. The van der Waals surface area contributed by atoms with Crippen LogP contribution in [0.4, 0.5) is 14.5 Å². The van der Waals surface area contributed by atoms with Crippen molar-refractivity contribution in [3.63, 3.8) is 0 Å². The molecule has 0 aliphatic rings. The fourth-order valence-corrected chi connectivity index (χ4v) is 4.26. The first-order valence-corrected chi connectivity index (χ1v) is 9.97. The zero-order valence-electron chi connectivity index (χ0n) is 15.5. The molecule has 0 aliphatic heterocycles. The maximum absolute atomic E-state index is 14.0. The highest BCUT2D eigenvalue weighted by Crippen LogP contribution is 2.26. The van der Waals surface area contributed by atoms with Gasteiger partial charge in [-0.2, -0.15) is 0 Å². The minimum atomic E-state index is -4.44. The van der Waals surface area contributed by atoms with Crippen molar-refractivity contribution in [2.75, 3.05) is 4.72 Å². The zero-order valence-corrected chi connectivity index (χ0v) is 16.3. The van der Waals surface area contributed by atoms with Crippen molar-refractivity contribution in [1.82, 2.24) is 9.36 Å². The van der Waals surface area contributed by atoms with Crippen LogP contribution in [0.25, 0.3) is 5.69 Å². The van der Waals surface area contributed by atoms with Gasteiger partial charge in [-0.05, 0) is 30.2 Å². The molecular weight excluding hydrogens is 388 g/mol. The molecule has 0 fully saturated rings. The van der Waals surface area contributed by atoms with E-state index >= 15 is 0 Å². The number of nitrogens with one attached hydrogen (secondary N) is 1. The van der Waals surface area contributed by atoms with E-state index in [-0.39, 0.29) is 11.6 Å². The van der Waals surface area contributed by atoms with E-state index in [1.807, 2.05) is 0 Å². The van der Waals surface area contributed by atoms with Gasteiger partial charge in [0.1, 0.15) is 22.2 Å². The fraction of sp³-hybridized carbons (Fsp3) is 0.211. The lowest BCUT2D eigenvalue weighted by Gasteiger charge is -2.13. The molecule has 1 N–H and O–H groups in total. The Morgan fingerprint density at radius 1 is 1.04 bits per heavy atom. The van der Waals surface area contributed by atoms with Gasteiger partial charge in [0.05, 0.1) is 11.4 Å². The SMILES string of the molecule is CC(C)c1c(NS(=O)(=O)c2ccc(F)cc2F)c(=O)n(-c2ccccc2)n1C. The molecule has 9 heteroatoms. The number of halogens is 2. The highest BCUT2D eigenvalue weighted by atomic mass is 32.2. The molecule has 0 saturated heterocycles. The lowest BCUT2D eigenvalue weighted by atomic mass is 10.1. The maximum Gasteiger partial charge on any atom is 0.296 e. The van der Waals surface area contributed by atoms with E-state index in [0.29, 0.717) is 17.4 Å². The Labute approximate surface area is 161 Å². The van der Waals surface area contributed by atoms with E-state index in [1.54, 1.807) is 55.9 Å². The topological polar surface area (TPSA) is 73.1 Å². The molecule has 0 spiro atoms. The molecule has 3 aromatic rings. The molecule has 0 unspecified atom stereocenters. The lowest BCUT2D eigenvalue weighted by molar-refractivity contribution is 0.551. The number of benzene rings is 2. The molecule has 6 nitrogen and oxygen atoms in total. The first-order chi connectivity index (χ1) is 13.1. The quantitative estimate of drug-likeness (QED) is 0.705. The largest absolute Gasteiger partial charge is 0.296 e. The van der Waals surface area contributed by atoms with E-state index in [0.717, 1.165) is 12.1 Å². The van der Waals surface area contributed by atoms with Gasteiger partial charge in [-0.25, -0.2) is 21.9 Å². The molecule has 0 aliphatic carbocycles. The highest BCUT2D eigenvalue weighted by Gasteiger charge is 2.27. The number of sulfonamides is 1. The minimum Gasteiger partial charge on any atom is -0.283 e. The third kappa shape index (κ3) is 3.45. The molecule has 1 aromatic heterocycles. The standard InChI is InChI=1S/C19H19F2N3O3S/c1-12(2)18-17(19(25)24(23(18)3)14-7-5-4-6-8-14)22-28(26,27)16-10-9-13(20)11-15(16)21/h4-12,22H,1-3H3. The van der Waals surface area contributed by atoms with Crippen LogP contribution in [0.3, 0.4) is 0 Å². The van der Waals surface area contributed by atoms with Crippen molar-refractivity contribution in [2.45, 2.75) is 24.7 Å². The molecule has 0 radical (unpaired) electrons. The molecule has 0 bridgehead atoms. The summed E-state index contributed by atoms with van der Waals surface area (Å²) in [7, 11) is -2.80. The average molecular weight is 407 g/mol. The Morgan fingerprint density at radius 2 is 1.68 bits per heavy atom. The molecule has 0 saturated carbocycles. The molecule has 28 heavy (non-hydrogen) atoms. The van der Waals surface area contributed by atoms with Crippen LogP contribution in [0.5, 0.6) is 0 Å². The van der Waals surface area contributed by atoms with Gasteiger partial charge in [-0.1, -0.05) is 32.0 Å². The third-order valence-corrected chi connectivity index (χ3v) is 5.66. The van der Waals surface area contributed by atoms with Gasteiger partial charge in [-0.15, -0.1) is 0 Å².